The van der Waals surface area contributed by atoms with Gasteiger partial charge in [-0.3, -0.25) is 4.79 Å². The van der Waals surface area contributed by atoms with E-state index in [1.807, 2.05) is 31.2 Å². The molecule has 4 rings (SSSR count). The highest BCUT2D eigenvalue weighted by atomic mass is 35.5. The normalized spacial score (nSPS) is 14.4. The predicted octanol–water partition coefficient (Wildman–Crippen LogP) is 2.65. The van der Waals surface area contributed by atoms with Gasteiger partial charge in [0.1, 0.15) is 11.4 Å². The third-order valence-corrected chi connectivity index (χ3v) is 5.58. The number of morpholine rings is 1. The van der Waals surface area contributed by atoms with Gasteiger partial charge in [0.15, 0.2) is 0 Å². The average Bonchev–Trinajstić information content (AvgIpc) is 3.15. The molecule has 0 radical (unpaired) electrons. The standard InChI is InChI=1S/C18H19ClN6O2S/c1-12-9-16(25-18(22-12)20-11-21-25)28-10-15(26)23-14-4-2-3-13(19)17(14)24-5-7-27-8-6-24/h2-4,9,11H,5-8,10H2,1H3,(H,23,26). The zero-order chi connectivity index (χ0) is 19.5. The molecule has 1 amide bonds. The molecule has 146 valence electrons. The van der Waals surface area contributed by atoms with E-state index in [2.05, 4.69) is 25.3 Å². The number of anilines is 2. The summed E-state index contributed by atoms with van der Waals surface area (Å²) in [4.78, 5) is 23.2. The zero-order valence-corrected chi connectivity index (χ0v) is 16.8. The van der Waals surface area contributed by atoms with Crippen LogP contribution in [0.2, 0.25) is 5.02 Å². The Kier molecular flexibility index (Phi) is 5.65. The maximum absolute atomic E-state index is 12.6. The molecule has 0 aliphatic carbocycles. The van der Waals surface area contributed by atoms with Gasteiger partial charge in [-0.15, -0.1) is 0 Å². The summed E-state index contributed by atoms with van der Waals surface area (Å²) >= 11 is 7.81. The molecular weight excluding hydrogens is 400 g/mol. The predicted molar refractivity (Wildman–Crippen MR) is 109 cm³/mol. The van der Waals surface area contributed by atoms with Gasteiger partial charge < -0.3 is 15.0 Å². The van der Waals surface area contributed by atoms with Crippen LogP contribution in [0.1, 0.15) is 5.69 Å². The lowest BCUT2D eigenvalue weighted by Gasteiger charge is -2.31. The van der Waals surface area contributed by atoms with E-state index >= 15 is 0 Å². The van der Waals surface area contributed by atoms with Crippen molar-refractivity contribution < 1.29 is 9.53 Å². The Balaban J connectivity index is 1.48. The number of para-hydroxylation sites is 1. The van der Waals surface area contributed by atoms with Crippen molar-refractivity contribution in [3.63, 3.8) is 0 Å². The van der Waals surface area contributed by atoms with Crippen molar-refractivity contribution in [1.29, 1.82) is 0 Å². The van der Waals surface area contributed by atoms with E-state index in [9.17, 15) is 4.79 Å². The number of hydrogen-bond donors (Lipinski definition) is 1. The molecule has 1 aromatic carbocycles. The highest BCUT2D eigenvalue weighted by Crippen LogP contribution is 2.34. The number of carbonyl (C=O) groups excluding carboxylic acids is 1. The van der Waals surface area contributed by atoms with Gasteiger partial charge in [0.25, 0.3) is 5.78 Å². The minimum Gasteiger partial charge on any atom is -0.378 e. The fourth-order valence-electron chi connectivity index (χ4n) is 3.05. The van der Waals surface area contributed by atoms with Crippen molar-refractivity contribution >= 4 is 46.4 Å². The highest BCUT2D eigenvalue weighted by molar-refractivity contribution is 7.99. The molecule has 1 N–H and O–H groups in total. The number of thioether (sulfide) groups is 1. The Bertz CT molecular complexity index is 1000. The Morgan fingerprint density at radius 3 is 3.00 bits per heavy atom. The molecule has 2 aromatic heterocycles. The topological polar surface area (TPSA) is 84.7 Å². The fraction of sp³-hybridized carbons (Fsp3) is 0.333. The second-order valence-electron chi connectivity index (χ2n) is 6.28. The molecule has 8 nitrogen and oxygen atoms in total. The third kappa shape index (κ3) is 4.06. The summed E-state index contributed by atoms with van der Waals surface area (Å²) < 4.78 is 7.04. The van der Waals surface area contributed by atoms with E-state index in [0.717, 1.165) is 29.5 Å². The van der Waals surface area contributed by atoms with E-state index in [-0.39, 0.29) is 11.7 Å². The average molecular weight is 419 g/mol. The summed E-state index contributed by atoms with van der Waals surface area (Å²) in [6.45, 7) is 4.65. The van der Waals surface area contributed by atoms with E-state index in [4.69, 9.17) is 16.3 Å². The summed E-state index contributed by atoms with van der Waals surface area (Å²) in [6.07, 6.45) is 1.45. The van der Waals surface area contributed by atoms with Gasteiger partial charge in [0, 0.05) is 18.8 Å². The lowest BCUT2D eigenvalue weighted by molar-refractivity contribution is -0.113. The monoisotopic (exact) mass is 418 g/mol. The van der Waals surface area contributed by atoms with Crippen LogP contribution in [0.4, 0.5) is 11.4 Å². The van der Waals surface area contributed by atoms with Crippen LogP contribution in [0.3, 0.4) is 0 Å². The number of halogens is 1. The zero-order valence-electron chi connectivity index (χ0n) is 15.3. The number of rotatable bonds is 5. The largest absolute Gasteiger partial charge is 0.378 e. The minimum atomic E-state index is -0.121. The molecule has 0 saturated carbocycles. The van der Waals surface area contributed by atoms with Crippen LogP contribution in [0.5, 0.6) is 0 Å². The Morgan fingerprint density at radius 2 is 2.18 bits per heavy atom. The van der Waals surface area contributed by atoms with Crippen molar-refractivity contribution in [2.45, 2.75) is 11.9 Å². The van der Waals surface area contributed by atoms with Crippen LogP contribution in [0, 0.1) is 6.92 Å². The van der Waals surface area contributed by atoms with E-state index in [1.54, 1.807) is 4.52 Å². The van der Waals surface area contributed by atoms with Gasteiger partial charge in [0.2, 0.25) is 5.91 Å². The number of nitrogens with zero attached hydrogens (tertiary/aromatic N) is 5. The summed E-state index contributed by atoms with van der Waals surface area (Å²) in [5, 5.41) is 8.58. The molecule has 0 bridgehead atoms. The molecular formula is C18H19ClN6O2S. The number of aryl methyl sites for hydroxylation is 1. The molecule has 0 unspecified atom stereocenters. The van der Waals surface area contributed by atoms with Crippen LogP contribution < -0.4 is 10.2 Å². The molecule has 3 aromatic rings. The number of nitrogens with one attached hydrogen (secondary N) is 1. The fourth-order valence-corrected chi connectivity index (χ4v) is 4.20. The first-order valence-electron chi connectivity index (χ1n) is 8.83. The summed E-state index contributed by atoms with van der Waals surface area (Å²) in [5.74, 6) is 0.630. The Labute approximate surface area is 171 Å². The maximum Gasteiger partial charge on any atom is 0.253 e. The van der Waals surface area contributed by atoms with Crippen molar-refractivity contribution in [3.05, 3.63) is 41.3 Å². The van der Waals surface area contributed by atoms with Crippen molar-refractivity contribution in [2.75, 3.05) is 42.3 Å². The maximum atomic E-state index is 12.6. The molecule has 1 fully saturated rings. The second-order valence-corrected chi connectivity index (χ2v) is 7.68. The van der Waals surface area contributed by atoms with Crippen molar-refractivity contribution in [1.82, 2.24) is 19.6 Å². The number of benzene rings is 1. The molecule has 3 heterocycles. The van der Waals surface area contributed by atoms with E-state index in [1.165, 1.54) is 18.1 Å². The summed E-state index contributed by atoms with van der Waals surface area (Å²) in [7, 11) is 0. The summed E-state index contributed by atoms with van der Waals surface area (Å²) in [6, 6.07) is 7.42. The number of amides is 1. The summed E-state index contributed by atoms with van der Waals surface area (Å²) in [5.41, 5.74) is 2.37. The lowest BCUT2D eigenvalue weighted by atomic mass is 10.2. The molecule has 0 atom stereocenters. The van der Waals surface area contributed by atoms with Crippen molar-refractivity contribution in [2.24, 2.45) is 0 Å². The Morgan fingerprint density at radius 1 is 1.36 bits per heavy atom. The molecule has 10 heteroatoms. The number of carbonyl (C=O) groups is 1. The minimum absolute atomic E-state index is 0.121. The third-order valence-electron chi connectivity index (χ3n) is 4.29. The van der Waals surface area contributed by atoms with Gasteiger partial charge in [-0.25, -0.2) is 4.98 Å². The van der Waals surface area contributed by atoms with Crippen molar-refractivity contribution in [3.8, 4) is 0 Å². The quantitative estimate of drug-likeness (QED) is 0.503. The smallest absolute Gasteiger partial charge is 0.253 e. The van der Waals surface area contributed by atoms with Gasteiger partial charge in [-0.2, -0.15) is 14.6 Å². The van der Waals surface area contributed by atoms with Crippen LogP contribution in [-0.4, -0.2) is 57.5 Å². The lowest BCUT2D eigenvalue weighted by Crippen LogP contribution is -2.37. The molecule has 1 saturated heterocycles. The van der Waals surface area contributed by atoms with Crippen LogP contribution in [0.25, 0.3) is 5.78 Å². The molecule has 1 aliphatic heterocycles. The first-order valence-corrected chi connectivity index (χ1v) is 10.2. The Hall–Kier alpha value is -2.36. The van der Waals surface area contributed by atoms with Crippen LogP contribution >= 0.6 is 23.4 Å². The van der Waals surface area contributed by atoms with Crippen LogP contribution in [0.15, 0.2) is 35.6 Å². The van der Waals surface area contributed by atoms with E-state index in [0.29, 0.717) is 29.7 Å². The van der Waals surface area contributed by atoms with Gasteiger partial charge in [-0.05, 0) is 25.1 Å². The number of fused-ring (bicyclic) bond motifs is 1. The molecule has 28 heavy (non-hydrogen) atoms. The number of aromatic nitrogens is 4. The highest BCUT2D eigenvalue weighted by Gasteiger charge is 2.19. The van der Waals surface area contributed by atoms with Gasteiger partial charge >= 0.3 is 0 Å². The second kappa shape index (κ2) is 8.34. The number of hydrogen-bond acceptors (Lipinski definition) is 7. The van der Waals surface area contributed by atoms with Gasteiger partial charge in [-0.1, -0.05) is 29.4 Å². The number of ether oxygens (including phenoxy) is 1. The first-order chi connectivity index (χ1) is 13.6. The molecule has 1 aliphatic rings. The van der Waals surface area contributed by atoms with Crippen LogP contribution in [-0.2, 0) is 9.53 Å². The van der Waals surface area contributed by atoms with E-state index < -0.39 is 0 Å². The van der Waals surface area contributed by atoms with Gasteiger partial charge in [0.05, 0.1) is 35.4 Å². The first kappa shape index (κ1) is 19.0. The molecule has 0 spiro atoms. The SMILES string of the molecule is Cc1cc(SCC(=O)Nc2cccc(Cl)c2N2CCOCC2)n2ncnc2n1.